The van der Waals surface area contributed by atoms with Gasteiger partial charge in [-0.15, -0.1) is 0 Å². The Kier molecular flexibility index (Phi) is 3.92. The zero-order chi connectivity index (χ0) is 10.4. The number of ether oxygens (including phenoxy) is 1. The molecule has 1 aromatic rings. The summed E-state index contributed by atoms with van der Waals surface area (Å²) in [6, 6.07) is 7.47. The number of hydrogen-bond acceptors (Lipinski definition) is 2. The van der Waals surface area contributed by atoms with Gasteiger partial charge in [0.1, 0.15) is 12.0 Å². The number of rotatable bonds is 4. The Bertz CT molecular complexity index is 323. The lowest BCUT2D eigenvalue weighted by Crippen LogP contribution is -1.87. The molecule has 0 atom stereocenters. The van der Waals surface area contributed by atoms with Crippen LogP contribution >= 0.6 is 0 Å². The van der Waals surface area contributed by atoms with Crippen LogP contribution in [0.4, 0.5) is 0 Å². The van der Waals surface area contributed by atoms with E-state index in [0.29, 0.717) is 0 Å². The molecular formula is C12H14O2. The first-order valence-electron chi connectivity index (χ1n) is 4.61. The van der Waals surface area contributed by atoms with Gasteiger partial charge in [-0.2, -0.15) is 0 Å². The van der Waals surface area contributed by atoms with Gasteiger partial charge in [0.2, 0.25) is 0 Å². The van der Waals surface area contributed by atoms with E-state index in [4.69, 9.17) is 4.74 Å². The SMILES string of the molecule is CC/C=C(/C=O)c1ccc(OC)cc1. The van der Waals surface area contributed by atoms with Crippen molar-refractivity contribution in [3.05, 3.63) is 35.9 Å². The van der Waals surface area contributed by atoms with Gasteiger partial charge in [-0.1, -0.05) is 25.1 Å². The second-order valence-corrected chi connectivity index (χ2v) is 2.91. The molecule has 2 nitrogen and oxygen atoms in total. The first-order chi connectivity index (χ1) is 6.81. The molecule has 0 saturated carbocycles. The molecule has 0 fully saturated rings. The Morgan fingerprint density at radius 3 is 2.43 bits per heavy atom. The van der Waals surface area contributed by atoms with E-state index in [2.05, 4.69) is 0 Å². The normalized spacial score (nSPS) is 11.1. The second-order valence-electron chi connectivity index (χ2n) is 2.91. The van der Waals surface area contributed by atoms with Crippen molar-refractivity contribution in [3.63, 3.8) is 0 Å². The lowest BCUT2D eigenvalue weighted by molar-refractivity contribution is -0.103. The van der Waals surface area contributed by atoms with Crippen LogP contribution in [0, 0.1) is 0 Å². The largest absolute Gasteiger partial charge is 0.497 e. The molecule has 1 rings (SSSR count). The summed E-state index contributed by atoms with van der Waals surface area (Å²) in [5, 5.41) is 0. The van der Waals surface area contributed by atoms with Gasteiger partial charge >= 0.3 is 0 Å². The third-order valence-corrected chi connectivity index (χ3v) is 1.97. The van der Waals surface area contributed by atoms with E-state index >= 15 is 0 Å². The molecule has 0 radical (unpaired) electrons. The fourth-order valence-corrected chi connectivity index (χ4v) is 1.24. The van der Waals surface area contributed by atoms with Crippen LogP contribution in [-0.2, 0) is 4.79 Å². The van der Waals surface area contributed by atoms with Crippen LogP contribution in [0.2, 0.25) is 0 Å². The van der Waals surface area contributed by atoms with E-state index in [0.717, 1.165) is 29.6 Å². The van der Waals surface area contributed by atoms with Gasteiger partial charge in [-0.05, 0) is 24.1 Å². The summed E-state index contributed by atoms with van der Waals surface area (Å²) < 4.78 is 5.03. The highest BCUT2D eigenvalue weighted by Gasteiger charge is 1.99. The second kappa shape index (κ2) is 5.22. The molecule has 0 aliphatic heterocycles. The molecule has 14 heavy (non-hydrogen) atoms. The van der Waals surface area contributed by atoms with Crippen LogP contribution < -0.4 is 4.74 Å². The number of benzene rings is 1. The van der Waals surface area contributed by atoms with Crippen LogP contribution in [0.25, 0.3) is 5.57 Å². The molecule has 0 spiro atoms. The topological polar surface area (TPSA) is 26.3 Å². The molecule has 0 aromatic heterocycles. The molecule has 2 heteroatoms. The standard InChI is InChI=1S/C12H14O2/c1-3-4-11(9-13)10-5-7-12(14-2)8-6-10/h4-9H,3H2,1-2H3/b11-4-. The highest BCUT2D eigenvalue weighted by molar-refractivity contribution is 6.06. The minimum absolute atomic E-state index is 0.732. The number of methoxy groups -OCH3 is 1. The third kappa shape index (κ3) is 2.46. The van der Waals surface area contributed by atoms with E-state index in [9.17, 15) is 4.79 Å². The van der Waals surface area contributed by atoms with Gasteiger partial charge in [-0.3, -0.25) is 4.79 Å². The average Bonchev–Trinajstić information content (AvgIpc) is 2.26. The van der Waals surface area contributed by atoms with Crippen molar-refractivity contribution < 1.29 is 9.53 Å². The fourth-order valence-electron chi connectivity index (χ4n) is 1.24. The summed E-state index contributed by atoms with van der Waals surface area (Å²) in [5.74, 6) is 0.801. The van der Waals surface area contributed by atoms with E-state index < -0.39 is 0 Å². The maximum Gasteiger partial charge on any atom is 0.150 e. The number of carbonyl (C=O) groups excluding carboxylic acids is 1. The Labute approximate surface area is 84.2 Å². The van der Waals surface area contributed by atoms with Crippen LogP contribution in [0.15, 0.2) is 30.3 Å². The van der Waals surface area contributed by atoms with Crippen molar-refractivity contribution in [3.8, 4) is 5.75 Å². The number of carbonyl (C=O) groups is 1. The molecular weight excluding hydrogens is 176 g/mol. The summed E-state index contributed by atoms with van der Waals surface area (Å²) in [6.07, 6.45) is 3.65. The molecule has 0 heterocycles. The Morgan fingerprint density at radius 2 is 2.00 bits per heavy atom. The highest BCUT2D eigenvalue weighted by atomic mass is 16.5. The van der Waals surface area contributed by atoms with Crippen molar-refractivity contribution >= 4 is 11.9 Å². The maximum absolute atomic E-state index is 10.8. The first-order valence-corrected chi connectivity index (χ1v) is 4.61. The summed E-state index contributed by atoms with van der Waals surface area (Å²) in [4.78, 5) is 10.8. The maximum atomic E-state index is 10.8. The van der Waals surface area contributed by atoms with Gasteiger partial charge < -0.3 is 4.74 Å². The summed E-state index contributed by atoms with van der Waals surface area (Å²) in [5.41, 5.74) is 1.66. The van der Waals surface area contributed by atoms with E-state index in [-0.39, 0.29) is 0 Å². The van der Waals surface area contributed by atoms with Crippen molar-refractivity contribution in [2.45, 2.75) is 13.3 Å². The first kappa shape index (κ1) is 10.5. The molecule has 0 saturated heterocycles. The van der Waals surface area contributed by atoms with Gasteiger partial charge in [0.15, 0.2) is 0 Å². The van der Waals surface area contributed by atoms with Crippen molar-refractivity contribution in [1.29, 1.82) is 0 Å². The van der Waals surface area contributed by atoms with E-state index in [1.807, 2.05) is 37.3 Å². The zero-order valence-electron chi connectivity index (χ0n) is 8.49. The predicted molar refractivity (Wildman–Crippen MR) is 57.3 cm³/mol. The molecule has 0 aliphatic rings. The lowest BCUT2D eigenvalue weighted by atomic mass is 10.1. The fraction of sp³-hybridized carbons (Fsp3) is 0.250. The van der Waals surface area contributed by atoms with Crippen molar-refractivity contribution in [2.75, 3.05) is 7.11 Å². The molecule has 0 amide bonds. The molecule has 0 aliphatic carbocycles. The van der Waals surface area contributed by atoms with Crippen LogP contribution in [-0.4, -0.2) is 13.4 Å². The highest BCUT2D eigenvalue weighted by Crippen LogP contribution is 2.17. The average molecular weight is 190 g/mol. The summed E-state index contributed by atoms with van der Waals surface area (Å²) in [6.45, 7) is 2.01. The number of aldehydes is 1. The van der Waals surface area contributed by atoms with E-state index in [1.54, 1.807) is 7.11 Å². The molecule has 74 valence electrons. The molecule has 1 aromatic carbocycles. The minimum Gasteiger partial charge on any atom is -0.497 e. The van der Waals surface area contributed by atoms with Gasteiger partial charge in [0, 0.05) is 5.57 Å². The molecule has 0 unspecified atom stereocenters. The smallest absolute Gasteiger partial charge is 0.150 e. The van der Waals surface area contributed by atoms with Crippen molar-refractivity contribution in [2.24, 2.45) is 0 Å². The van der Waals surface area contributed by atoms with Crippen LogP contribution in [0.1, 0.15) is 18.9 Å². The number of allylic oxidation sites excluding steroid dienone is 2. The Balaban J connectivity index is 2.95. The molecule has 0 bridgehead atoms. The van der Waals surface area contributed by atoms with Crippen molar-refractivity contribution in [1.82, 2.24) is 0 Å². The Hall–Kier alpha value is -1.57. The van der Waals surface area contributed by atoms with E-state index in [1.165, 1.54) is 0 Å². The number of hydrogen-bond donors (Lipinski definition) is 0. The van der Waals surface area contributed by atoms with Gasteiger partial charge in [0.05, 0.1) is 7.11 Å². The molecule has 0 N–H and O–H groups in total. The van der Waals surface area contributed by atoms with Gasteiger partial charge in [-0.25, -0.2) is 0 Å². The summed E-state index contributed by atoms with van der Waals surface area (Å²) in [7, 11) is 1.62. The summed E-state index contributed by atoms with van der Waals surface area (Å²) >= 11 is 0. The third-order valence-electron chi connectivity index (χ3n) is 1.97. The lowest BCUT2D eigenvalue weighted by Gasteiger charge is -2.02. The van der Waals surface area contributed by atoms with Crippen LogP contribution in [0.5, 0.6) is 5.75 Å². The minimum atomic E-state index is 0.732. The monoisotopic (exact) mass is 190 g/mol. The van der Waals surface area contributed by atoms with Crippen LogP contribution in [0.3, 0.4) is 0 Å². The predicted octanol–water partition coefficient (Wildman–Crippen LogP) is 2.69. The zero-order valence-corrected chi connectivity index (χ0v) is 8.49. The quantitative estimate of drug-likeness (QED) is 0.539. The Morgan fingerprint density at radius 1 is 1.36 bits per heavy atom. The van der Waals surface area contributed by atoms with Gasteiger partial charge in [0.25, 0.3) is 0 Å².